The first-order valence-corrected chi connectivity index (χ1v) is 7.37. The molecule has 0 aliphatic rings. The van der Waals surface area contributed by atoms with Crippen molar-refractivity contribution in [3.63, 3.8) is 0 Å². The van der Waals surface area contributed by atoms with Crippen molar-refractivity contribution in [2.45, 2.75) is 0 Å². The Morgan fingerprint density at radius 3 is 2.65 bits per heavy atom. The fraction of sp³-hybridized carbons (Fsp3) is 0. The van der Waals surface area contributed by atoms with Crippen LogP contribution in [0.1, 0.15) is 15.9 Å². The van der Waals surface area contributed by atoms with Crippen LogP contribution in [0, 0.1) is 0 Å². The third-order valence-corrected chi connectivity index (χ3v) is 4.12. The first-order valence-electron chi connectivity index (χ1n) is 5.82. The molecule has 0 spiro atoms. The molecule has 0 radical (unpaired) electrons. The molecule has 2 nitrogen and oxygen atoms in total. The van der Waals surface area contributed by atoms with E-state index in [1.165, 1.54) is 0 Å². The van der Waals surface area contributed by atoms with Crippen molar-refractivity contribution in [2.75, 3.05) is 0 Å². The number of hydrogen-bond acceptors (Lipinski definition) is 1. The molecule has 100 valence electrons. The number of fused-ring (bicyclic) bond motifs is 1. The van der Waals surface area contributed by atoms with Gasteiger partial charge in [-0.05, 0) is 36.4 Å². The van der Waals surface area contributed by atoms with E-state index in [9.17, 15) is 4.79 Å². The minimum atomic E-state index is -0.151. The van der Waals surface area contributed by atoms with Crippen molar-refractivity contribution >= 4 is 55.8 Å². The van der Waals surface area contributed by atoms with E-state index in [2.05, 4.69) is 20.9 Å². The Morgan fingerprint density at radius 1 is 1.05 bits per heavy atom. The van der Waals surface area contributed by atoms with Crippen LogP contribution in [0.15, 0.2) is 47.1 Å². The van der Waals surface area contributed by atoms with E-state index in [-0.39, 0.29) is 5.78 Å². The molecule has 0 aliphatic carbocycles. The molecular formula is C15H8BrCl2NO. The Hall–Kier alpha value is -1.29. The smallest absolute Gasteiger partial charge is 0.196 e. The van der Waals surface area contributed by atoms with Gasteiger partial charge in [-0.25, -0.2) is 0 Å². The maximum absolute atomic E-state index is 12.6. The number of halogens is 3. The van der Waals surface area contributed by atoms with Crippen molar-refractivity contribution in [1.82, 2.24) is 4.98 Å². The monoisotopic (exact) mass is 367 g/mol. The lowest BCUT2D eigenvalue weighted by Crippen LogP contribution is -2.01. The number of H-pyrrole nitrogens is 1. The summed E-state index contributed by atoms with van der Waals surface area (Å²) in [5.74, 6) is -0.151. The Balaban J connectivity index is 2.17. The summed E-state index contributed by atoms with van der Waals surface area (Å²) in [6, 6.07) is 10.6. The molecule has 20 heavy (non-hydrogen) atoms. The molecule has 0 fully saturated rings. The summed E-state index contributed by atoms with van der Waals surface area (Å²) in [6.45, 7) is 0. The summed E-state index contributed by atoms with van der Waals surface area (Å²) >= 11 is 15.4. The molecule has 5 heteroatoms. The van der Waals surface area contributed by atoms with Crippen LogP contribution >= 0.6 is 39.1 Å². The van der Waals surface area contributed by atoms with Gasteiger partial charge < -0.3 is 4.98 Å². The van der Waals surface area contributed by atoms with Gasteiger partial charge in [0.1, 0.15) is 0 Å². The van der Waals surface area contributed by atoms with E-state index < -0.39 is 0 Å². The van der Waals surface area contributed by atoms with Crippen LogP contribution in [0.4, 0.5) is 0 Å². The van der Waals surface area contributed by atoms with Gasteiger partial charge in [-0.2, -0.15) is 0 Å². The summed E-state index contributed by atoms with van der Waals surface area (Å²) in [7, 11) is 0. The number of nitrogens with one attached hydrogen (secondary N) is 1. The second-order valence-corrected chi connectivity index (χ2v) is 6.10. The van der Waals surface area contributed by atoms with Gasteiger partial charge in [0, 0.05) is 37.7 Å². The number of carbonyl (C=O) groups is 1. The number of carbonyl (C=O) groups excluding carboxylic acids is 1. The Bertz CT molecular complexity index is 826. The van der Waals surface area contributed by atoms with Crippen LogP contribution < -0.4 is 0 Å². The number of benzene rings is 2. The van der Waals surface area contributed by atoms with Crippen molar-refractivity contribution in [3.05, 3.63) is 68.2 Å². The van der Waals surface area contributed by atoms with Crippen LogP contribution in [0.3, 0.4) is 0 Å². The maximum Gasteiger partial charge on any atom is 0.196 e. The van der Waals surface area contributed by atoms with Gasteiger partial charge in [-0.15, -0.1) is 0 Å². The molecule has 0 saturated carbocycles. The minimum absolute atomic E-state index is 0.151. The molecule has 1 aromatic heterocycles. The quantitative estimate of drug-likeness (QED) is 0.598. The number of rotatable bonds is 2. The number of ketones is 1. The summed E-state index contributed by atoms with van der Waals surface area (Å²) in [5.41, 5.74) is 1.88. The molecule has 0 amide bonds. The van der Waals surface area contributed by atoms with E-state index in [0.29, 0.717) is 21.2 Å². The standard InChI is InChI=1S/C15H8BrCl2NO/c16-8-1-4-14-10(5-8)12(7-19-14)15(20)11-6-9(17)2-3-13(11)18/h1-7,19H. The molecule has 0 aliphatic heterocycles. The van der Waals surface area contributed by atoms with Crippen LogP contribution in [0.5, 0.6) is 0 Å². The van der Waals surface area contributed by atoms with Crippen LogP contribution in [-0.4, -0.2) is 10.8 Å². The van der Waals surface area contributed by atoms with Gasteiger partial charge in [-0.1, -0.05) is 39.1 Å². The normalized spacial score (nSPS) is 10.9. The fourth-order valence-corrected chi connectivity index (χ4v) is 2.83. The molecule has 0 atom stereocenters. The molecule has 0 saturated heterocycles. The lowest BCUT2D eigenvalue weighted by Gasteiger charge is -2.03. The van der Waals surface area contributed by atoms with E-state index in [4.69, 9.17) is 23.2 Å². The van der Waals surface area contributed by atoms with Crippen molar-refractivity contribution < 1.29 is 4.79 Å². The Labute approximate surface area is 133 Å². The average Bonchev–Trinajstić information content (AvgIpc) is 2.83. The van der Waals surface area contributed by atoms with Crippen molar-refractivity contribution in [3.8, 4) is 0 Å². The van der Waals surface area contributed by atoms with Crippen molar-refractivity contribution in [2.24, 2.45) is 0 Å². The third-order valence-electron chi connectivity index (χ3n) is 3.06. The van der Waals surface area contributed by atoms with Gasteiger partial charge in [0.25, 0.3) is 0 Å². The maximum atomic E-state index is 12.6. The number of aromatic amines is 1. The van der Waals surface area contributed by atoms with Gasteiger partial charge >= 0.3 is 0 Å². The van der Waals surface area contributed by atoms with Crippen LogP contribution in [-0.2, 0) is 0 Å². The zero-order valence-electron chi connectivity index (χ0n) is 10.1. The predicted octanol–water partition coefficient (Wildman–Crippen LogP) is 5.47. The largest absolute Gasteiger partial charge is 0.360 e. The van der Waals surface area contributed by atoms with E-state index in [1.807, 2.05) is 18.2 Å². The zero-order chi connectivity index (χ0) is 14.3. The molecule has 2 aromatic carbocycles. The van der Waals surface area contributed by atoms with Gasteiger partial charge in [0.05, 0.1) is 5.02 Å². The summed E-state index contributed by atoms with van der Waals surface area (Å²) in [5, 5.41) is 1.72. The highest BCUT2D eigenvalue weighted by molar-refractivity contribution is 9.10. The van der Waals surface area contributed by atoms with Crippen LogP contribution in [0.25, 0.3) is 10.9 Å². The highest BCUT2D eigenvalue weighted by Gasteiger charge is 2.17. The number of hydrogen-bond donors (Lipinski definition) is 1. The Morgan fingerprint density at radius 2 is 1.85 bits per heavy atom. The highest BCUT2D eigenvalue weighted by Crippen LogP contribution is 2.28. The van der Waals surface area contributed by atoms with Gasteiger partial charge in [0.2, 0.25) is 0 Å². The van der Waals surface area contributed by atoms with Crippen molar-refractivity contribution in [1.29, 1.82) is 0 Å². The average molecular weight is 369 g/mol. The number of aromatic nitrogens is 1. The van der Waals surface area contributed by atoms with E-state index in [0.717, 1.165) is 15.4 Å². The first-order chi connectivity index (χ1) is 9.56. The van der Waals surface area contributed by atoms with E-state index >= 15 is 0 Å². The molecule has 0 bridgehead atoms. The molecular weight excluding hydrogens is 361 g/mol. The summed E-state index contributed by atoms with van der Waals surface area (Å²) in [4.78, 5) is 15.7. The lowest BCUT2D eigenvalue weighted by molar-refractivity contribution is 0.104. The Kier molecular flexibility index (Phi) is 3.59. The summed E-state index contributed by atoms with van der Waals surface area (Å²) < 4.78 is 0.913. The molecule has 3 aromatic rings. The molecule has 3 rings (SSSR count). The second kappa shape index (κ2) is 5.24. The topological polar surface area (TPSA) is 32.9 Å². The second-order valence-electron chi connectivity index (χ2n) is 4.35. The first kappa shape index (κ1) is 13.7. The highest BCUT2D eigenvalue weighted by atomic mass is 79.9. The fourth-order valence-electron chi connectivity index (χ4n) is 2.10. The zero-order valence-corrected chi connectivity index (χ0v) is 13.2. The lowest BCUT2D eigenvalue weighted by atomic mass is 10.0. The van der Waals surface area contributed by atoms with Crippen LogP contribution in [0.2, 0.25) is 10.0 Å². The molecule has 0 unspecified atom stereocenters. The molecule has 1 heterocycles. The van der Waals surface area contributed by atoms with E-state index in [1.54, 1.807) is 24.4 Å². The predicted molar refractivity (Wildman–Crippen MR) is 85.9 cm³/mol. The molecule has 1 N–H and O–H groups in total. The SMILES string of the molecule is O=C(c1cc(Cl)ccc1Cl)c1c[nH]c2ccc(Br)cc12. The van der Waals surface area contributed by atoms with Gasteiger partial charge in [0.15, 0.2) is 5.78 Å². The van der Waals surface area contributed by atoms with Gasteiger partial charge in [-0.3, -0.25) is 4.79 Å². The third kappa shape index (κ3) is 2.37. The minimum Gasteiger partial charge on any atom is -0.360 e. The summed E-state index contributed by atoms with van der Waals surface area (Å²) in [6.07, 6.45) is 1.69.